The molecule has 10 heteroatoms. The number of benzene rings is 1. The molecule has 2 fully saturated rings. The van der Waals surface area contributed by atoms with Crippen LogP contribution in [0, 0.1) is 0 Å². The van der Waals surface area contributed by atoms with Crippen LogP contribution >= 0.6 is 11.3 Å². The van der Waals surface area contributed by atoms with Crippen LogP contribution < -0.4 is 0 Å². The summed E-state index contributed by atoms with van der Waals surface area (Å²) in [7, 11) is 0. The van der Waals surface area contributed by atoms with Crippen LogP contribution in [0.2, 0.25) is 0 Å². The number of hydrogen-bond donors (Lipinski definition) is 0. The van der Waals surface area contributed by atoms with Gasteiger partial charge in [0.2, 0.25) is 0 Å². The van der Waals surface area contributed by atoms with Crippen molar-refractivity contribution in [3.63, 3.8) is 0 Å². The Hall–Kier alpha value is -2.49. The maximum atomic E-state index is 12.7. The highest BCUT2D eigenvalue weighted by molar-refractivity contribution is 7.14. The van der Waals surface area contributed by atoms with Crippen LogP contribution in [-0.4, -0.2) is 50.2 Å². The van der Waals surface area contributed by atoms with Gasteiger partial charge in [-0.25, -0.2) is 4.79 Å². The summed E-state index contributed by atoms with van der Waals surface area (Å²) >= 11 is 1.25. The van der Waals surface area contributed by atoms with Gasteiger partial charge in [-0.3, -0.25) is 9.69 Å². The molecule has 1 saturated carbocycles. The first-order chi connectivity index (χ1) is 12.3. The van der Waals surface area contributed by atoms with Gasteiger partial charge in [0.1, 0.15) is 22.1 Å². The Balaban J connectivity index is 1.56. The van der Waals surface area contributed by atoms with E-state index in [1.54, 1.807) is 0 Å². The Labute approximate surface area is 150 Å². The number of alkyl halides is 3. The molecule has 0 bridgehead atoms. The van der Waals surface area contributed by atoms with E-state index in [4.69, 9.17) is 0 Å². The van der Waals surface area contributed by atoms with Crippen LogP contribution in [0.4, 0.5) is 18.0 Å². The molecule has 1 aliphatic heterocycles. The minimum absolute atomic E-state index is 0.0244. The lowest BCUT2D eigenvalue weighted by Crippen LogP contribution is -2.39. The van der Waals surface area contributed by atoms with Gasteiger partial charge < -0.3 is 4.90 Å². The number of halogens is 3. The van der Waals surface area contributed by atoms with Gasteiger partial charge in [0, 0.05) is 5.56 Å². The number of aromatic nitrogens is 2. The van der Waals surface area contributed by atoms with E-state index in [-0.39, 0.29) is 6.54 Å². The highest BCUT2D eigenvalue weighted by Crippen LogP contribution is 2.49. The highest BCUT2D eigenvalue weighted by atomic mass is 32.1. The zero-order chi connectivity index (χ0) is 18.5. The third-order valence-corrected chi connectivity index (χ3v) is 5.42. The van der Waals surface area contributed by atoms with Crippen molar-refractivity contribution in [1.82, 2.24) is 20.0 Å². The number of carbonyl (C=O) groups excluding carboxylic acids is 2. The van der Waals surface area contributed by atoms with E-state index >= 15 is 0 Å². The summed E-state index contributed by atoms with van der Waals surface area (Å²) in [6.07, 6.45) is -3.88. The van der Waals surface area contributed by atoms with Gasteiger partial charge in [-0.05, 0) is 12.8 Å². The predicted molar refractivity (Wildman–Crippen MR) is 86.0 cm³/mol. The average molecular weight is 382 g/mol. The summed E-state index contributed by atoms with van der Waals surface area (Å²) in [4.78, 5) is 26.3. The lowest BCUT2D eigenvalue weighted by Gasteiger charge is -2.19. The minimum Gasteiger partial charge on any atom is -0.303 e. The molecule has 3 amide bonds. The first-order valence-electron chi connectivity index (χ1n) is 7.88. The second-order valence-electron chi connectivity index (χ2n) is 6.27. The van der Waals surface area contributed by atoms with E-state index < -0.39 is 30.2 Å². The summed E-state index contributed by atoms with van der Waals surface area (Å²) < 4.78 is 38.1. The van der Waals surface area contributed by atoms with Crippen LogP contribution in [0.1, 0.15) is 17.8 Å². The molecule has 2 aromatic rings. The molecule has 2 heterocycles. The fourth-order valence-electron chi connectivity index (χ4n) is 3.07. The van der Waals surface area contributed by atoms with Crippen molar-refractivity contribution in [3.8, 4) is 10.6 Å². The fourth-order valence-corrected chi connectivity index (χ4v) is 3.91. The normalized spacial score (nSPS) is 18.9. The molecule has 0 N–H and O–H groups in total. The van der Waals surface area contributed by atoms with Gasteiger partial charge in [-0.15, -0.1) is 10.2 Å². The molecule has 2 aliphatic rings. The number of hydrogen-bond acceptors (Lipinski definition) is 5. The number of rotatable bonds is 4. The largest absolute Gasteiger partial charge is 0.406 e. The van der Waals surface area contributed by atoms with Crippen molar-refractivity contribution >= 4 is 23.3 Å². The Kier molecular flexibility index (Phi) is 3.76. The van der Waals surface area contributed by atoms with Crippen LogP contribution in [0.25, 0.3) is 10.6 Å². The average Bonchev–Trinajstić information content (AvgIpc) is 3.23. The number of urea groups is 1. The second-order valence-corrected chi connectivity index (χ2v) is 7.34. The number of nitrogens with zero attached hydrogens (tertiary/aromatic N) is 4. The van der Waals surface area contributed by atoms with Gasteiger partial charge in [0.15, 0.2) is 0 Å². The number of carbonyl (C=O) groups is 2. The quantitative estimate of drug-likeness (QED) is 0.763. The summed E-state index contributed by atoms with van der Waals surface area (Å²) in [5, 5.41) is 9.23. The van der Waals surface area contributed by atoms with E-state index in [0.29, 0.717) is 27.8 Å². The molecule has 1 spiro atoms. The molecule has 0 radical (unpaired) electrons. The molecule has 4 rings (SSSR count). The maximum absolute atomic E-state index is 12.7. The first-order valence-corrected chi connectivity index (χ1v) is 8.70. The molecule has 1 aromatic heterocycles. The maximum Gasteiger partial charge on any atom is 0.406 e. The SMILES string of the molecule is O=C1N(CC(F)(F)F)C(=O)C2(CC2)N1Cc1nnc(-c2ccccc2)s1. The van der Waals surface area contributed by atoms with Crippen molar-refractivity contribution in [2.24, 2.45) is 0 Å². The molecule has 0 atom stereocenters. The summed E-state index contributed by atoms with van der Waals surface area (Å²) in [6, 6.07) is 8.39. The smallest absolute Gasteiger partial charge is 0.303 e. The molecule has 1 aromatic carbocycles. The first kappa shape index (κ1) is 17.0. The third-order valence-electron chi connectivity index (χ3n) is 4.46. The van der Waals surface area contributed by atoms with E-state index in [2.05, 4.69) is 10.2 Å². The van der Waals surface area contributed by atoms with Crippen LogP contribution in [0.5, 0.6) is 0 Å². The van der Waals surface area contributed by atoms with Crippen molar-refractivity contribution in [1.29, 1.82) is 0 Å². The lowest BCUT2D eigenvalue weighted by molar-refractivity contribution is -0.153. The number of amides is 3. The zero-order valence-corrected chi connectivity index (χ0v) is 14.2. The molecule has 136 valence electrons. The fraction of sp³-hybridized carbons (Fsp3) is 0.375. The Morgan fingerprint density at radius 2 is 1.81 bits per heavy atom. The van der Waals surface area contributed by atoms with Crippen LogP contribution in [-0.2, 0) is 11.3 Å². The summed E-state index contributed by atoms with van der Waals surface area (Å²) in [5.41, 5.74) is -0.277. The molecule has 1 saturated heterocycles. The van der Waals surface area contributed by atoms with Crippen molar-refractivity contribution in [2.75, 3.05) is 6.54 Å². The van der Waals surface area contributed by atoms with Crippen LogP contribution in [0.3, 0.4) is 0 Å². The van der Waals surface area contributed by atoms with E-state index in [1.807, 2.05) is 30.3 Å². The molecular weight excluding hydrogens is 369 g/mol. The monoisotopic (exact) mass is 382 g/mol. The van der Waals surface area contributed by atoms with Crippen molar-refractivity contribution in [2.45, 2.75) is 31.1 Å². The van der Waals surface area contributed by atoms with E-state index in [1.165, 1.54) is 16.2 Å². The summed E-state index contributed by atoms with van der Waals surface area (Å²) in [5.74, 6) is -0.771. The van der Waals surface area contributed by atoms with Crippen LogP contribution in [0.15, 0.2) is 30.3 Å². The Morgan fingerprint density at radius 1 is 1.12 bits per heavy atom. The van der Waals surface area contributed by atoms with Crippen molar-refractivity contribution in [3.05, 3.63) is 35.3 Å². The topological polar surface area (TPSA) is 66.4 Å². The third kappa shape index (κ3) is 2.83. The molecule has 26 heavy (non-hydrogen) atoms. The number of imide groups is 1. The molecule has 6 nitrogen and oxygen atoms in total. The molecule has 1 aliphatic carbocycles. The van der Waals surface area contributed by atoms with Gasteiger partial charge in [-0.1, -0.05) is 41.7 Å². The van der Waals surface area contributed by atoms with Gasteiger partial charge in [0.25, 0.3) is 5.91 Å². The van der Waals surface area contributed by atoms with Gasteiger partial charge >= 0.3 is 12.2 Å². The Bertz CT molecular complexity index is 864. The minimum atomic E-state index is -4.62. The standard InChI is InChI=1S/C16H13F3N4O2S/c17-16(18,19)9-22-13(24)15(6-7-15)23(14(22)25)8-11-20-21-12(26-11)10-4-2-1-3-5-10/h1-5H,6-9H2. The lowest BCUT2D eigenvalue weighted by atomic mass is 10.2. The van der Waals surface area contributed by atoms with E-state index in [0.717, 1.165) is 5.56 Å². The van der Waals surface area contributed by atoms with Gasteiger partial charge in [0.05, 0.1) is 6.54 Å². The van der Waals surface area contributed by atoms with Crippen molar-refractivity contribution < 1.29 is 22.8 Å². The van der Waals surface area contributed by atoms with E-state index in [9.17, 15) is 22.8 Å². The predicted octanol–water partition coefficient (Wildman–Crippen LogP) is 3.06. The summed E-state index contributed by atoms with van der Waals surface area (Å²) in [6.45, 7) is -1.59. The zero-order valence-electron chi connectivity index (χ0n) is 13.4. The second kappa shape index (κ2) is 5.76. The molecular formula is C16H13F3N4O2S. The Morgan fingerprint density at radius 3 is 2.42 bits per heavy atom. The molecule has 0 unspecified atom stereocenters. The highest BCUT2D eigenvalue weighted by Gasteiger charge is 2.65. The van der Waals surface area contributed by atoms with Gasteiger partial charge in [-0.2, -0.15) is 13.2 Å².